The molecule has 3 aromatic rings. The zero-order valence-corrected chi connectivity index (χ0v) is 22.0. The fourth-order valence-corrected chi connectivity index (χ4v) is 5.26. The zero-order valence-electron chi connectivity index (χ0n) is 20.5. The van der Waals surface area contributed by atoms with Crippen molar-refractivity contribution in [1.29, 1.82) is 0 Å². The number of ether oxygens (including phenoxy) is 2. The van der Waals surface area contributed by atoms with Gasteiger partial charge in [0, 0.05) is 30.2 Å². The molecule has 1 fully saturated rings. The van der Waals surface area contributed by atoms with Gasteiger partial charge in [-0.3, -0.25) is 4.72 Å². The Bertz CT molecular complexity index is 1210. The van der Waals surface area contributed by atoms with E-state index in [0.29, 0.717) is 18.0 Å². The molecule has 1 saturated heterocycles. The molecule has 3 aromatic carbocycles. The average molecular weight is 529 g/mol. The SMILES string of the molecule is CS(=O)(=O)Nc1ccccc1OCCCN1CCC(OC(c2ccccc2)c2ccccc2Cl)CC1. The monoisotopic (exact) mass is 528 g/mol. The van der Waals surface area contributed by atoms with Crippen LogP contribution in [0.3, 0.4) is 0 Å². The van der Waals surface area contributed by atoms with Crippen LogP contribution in [0, 0.1) is 0 Å². The average Bonchev–Trinajstić information content (AvgIpc) is 2.87. The normalized spacial score (nSPS) is 15.9. The van der Waals surface area contributed by atoms with E-state index in [4.69, 9.17) is 21.1 Å². The Balaban J connectivity index is 1.26. The van der Waals surface area contributed by atoms with E-state index in [1.54, 1.807) is 18.2 Å². The Morgan fingerprint density at radius 2 is 1.64 bits per heavy atom. The Kier molecular flexibility index (Phi) is 9.26. The molecule has 1 aliphatic rings. The van der Waals surface area contributed by atoms with E-state index < -0.39 is 10.0 Å². The summed E-state index contributed by atoms with van der Waals surface area (Å²) >= 11 is 6.53. The molecule has 0 aromatic heterocycles. The van der Waals surface area contributed by atoms with Crippen LogP contribution in [-0.2, 0) is 14.8 Å². The summed E-state index contributed by atoms with van der Waals surface area (Å²) in [5.41, 5.74) is 2.57. The van der Waals surface area contributed by atoms with Gasteiger partial charge in [-0.2, -0.15) is 0 Å². The topological polar surface area (TPSA) is 67.9 Å². The second kappa shape index (κ2) is 12.6. The Labute approximate surface area is 219 Å². The molecule has 1 unspecified atom stereocenters. The van der Waals surface area contributed by atoms with Gasteiger partial charge < -0.3 is 14.4 Å². The molecule has 6 nitrogen and oxygen atoms in total. The molecular formula is C28H33ClN2O4S. The summed E-state index contributed by atoms with van der Waals surface area (Å²) in [5.74, 6) is 0.543. The van der Waals surface area contributed by atoms with Gasteiger partial charge in [-0.1, -0.05) is 72.3 Å². The van der Waals surface area contributed by atoms with Gasteiger partial charge in [0.2, 0.25) is 10.0 Å². The fourth-order valence-electron chi connectivity index (χ4n) is 4.46. The number of likely N-dealkylation sites (tertiary alicyclic amines) is 1. The predicted molar refractivity (Wildman–Crippen MR) is 145 cm³/mol. The molecule has 0 bridgehead atoms. The number of sulfonamides is 1. The van der Waals surface area contributed by atoms with Crippen molar-refractivity contribution in [2.75, 3.05) is 37.2 Å². The fraction of sp³-hybridized carbons (Fsp3) is 0.357. The molecule has 1 atom stereocenters. The lowest BCUT2D eigenvalue weighted by Crippen LogP contribution is -2.38. The third-order valence-corrected chi connectivity index (χ3v) is 7.15. The first kappa shape index (κ1) is 26.5. The van der Waals surface area contributed by atoms with Crippen LogP contribution >= 0.6 is 11.6 Å². The number of nitrogens with zero attached hydrogens (tertiary/aromatic N) is 1. The number of halogens is 1. The Morgan fingerprint density at radius 1 is 0.972 bits per heavy atom. The molecular weight excluding hydrogens is 496 g/mol. The molecule has 0 spiro atoms. The highest BCUT2D eigenvalue weighted by molar-refractivity contribution is 7.92. The first-order valence-corrected chi connectivity index (χ1v) is 14.5. The third-order valence-electron chi connectivity index (χ3n) is 6.21. The molecule has 192 valence electrons. The maximum absolute atomic E-state index is 11.6. The van der Waals surface area contributed by atoms with Crippen LogP contribution in [0.15, 0.2) is 78.9 Å². The summed E-state index contributed by atoms with van der Waals surface area (Å²) in [4.78, 5) is 2.43. The molecule has 8 heteroatoms. The van der Waals surface area contributed by atoms with E-state index in [9.17, 15) is 8.42 Å². The van der Waals surface area contributed by atoms with Crippen LogP contribution in [-0.4, -0.2) is 51.9 Å². The summed E-state index contributed by atoms with van der Waals surface area (Å²) in [6, 6.07) is 25.2. The quantitative estimate of drug-likeness (QED) is 0.321. The van der Waals surface area contributed by atoms with Crippen LogP contribution in [0.25, 0.3) is 0 Å². The summed E-state index contributed by atoms with van der Waals surface area (Å²) in [6.45, 7) is 3.35. The number of nitrogens with one attached hydrogen (secondary N) is 1. The first-order chi connectivity index (χ1) is 17.4. The molecule has 1 N–H and O–H groups in total. The maximum Gasteiger partial charge on any atom is 0.229 e. The predicted octanol–water partition coefficient (Wildman–Crippen LogP) is 5.75. The van der Waals surface area contributed by atoms with Crippen molar-refractivity contribution < 1.29 is 17.9 Å². The third kappa shape index (κ3) is 7.71. The minimum Gasteiger partial charge on any atom is -0.491 e. The van der Waals surface area contributed by atoms with Gasteiger partial charge in [0.1, 0.15) is 11.9 Å². The summed E-state index contributed by atoms with van der Waals surface area (Å²) in [7, 11) is -3.36. The number of piperidine rings is 1. The van der Waals surface area contributed by atoms with Gasteiger partial charge >= 0.3 is 0 Å². The standard InChI is InChI=1S/C28H33ClN2O4S/c1-36(32,33)30-26-14-7-8-15-27(26)34-21-9-18-31-19-16-23(17-20-31)35-28(22-10-3-2-4-11-22)24-12-5-6-13-25(24)29/h2-8,10-15,23,28,30H,9,16-21H2,1H3. The second-order valence-corrected chi connectivity index (χ2v) is 11.2. The molecule has 0 aliphatic carbocycles. The molecule has 0 amide bonds. The number of para-hydroxylation sites is 2. The van der Waals surface area contributed by atoms with Gasteiger partial charge in [-0.15, -0.1) is 0 Å². The van der Waals surface area contributed by atoms with Crippen LogP contribution in [0.4, 0.5) is 5.69 Å². The Hall–Kier alpha value is -2.58. The lowest BCUT2D eigenvalue weighted by atomic mass is 10.00. The largest absolute Gasteiger partial charge is 0.491 e. The van der Waals surface area contributed by atoms with Gasteiger partial charge in [-0.25, -0.2) is 8.42 Å². The van der Waals surface area contributed by atoms with Gasteiger partial charge in [-0.05, 0) is 43.0 Å². The van der Waals surface area contributed by atoms with Crippen molar-refractivity contribution in [2.45, 2.75) is 31.5 Å². The minimum absolute atomic E-state index is 0.160. The van der Waals surface area contributed by atoms with Gasteiger partial charge in [0.15, 0.2) is 0 Å². The van der Waals surface area contributed by atoms with Crippen LogP contribution < -0.4 is 9.46 Å². The number of rotatable bonds is 11. The lowest BCUT2D eigenvalue weighted by molar-refractivity contribution is -0.0273. The van der Waals surface area contributed by atoms with Crippen molar-refractivity contribution in [3.63, 3.8) is 0 Å². The molecule has 1 aliphatic heterocycles. The van der Waals surface area contributed by atoms with E-state index in [-0.39, 0.29) is 12.2 Å². The van der Waals surface area contributed by atoms with Crippen molar-refractivity contribution in [2.24, 2.45) is 0 Å². The summed E-state index contributed by atoms with van der Waals surface area (Å²) < 4.78 is 38.1. The zero-order chi connectivity index (χ0) is 25.4. The van der Waals surface area contributed by atoms with E-state index in [0.717, 1.165) is 61.3 Å². The van der Waals surface area contributed by atoms with Crippen LogP contribution in [0.1, 0.15) is 36.5 Å². The molecule has 36 heavy (non-hydrogen) atoms. The number of benzene rings is 3. The van der Waals surface area contributed by atoms with Crippen molar-refractivity contribution in [1.82, 2.24) is 4.90 Å². The highest BCUT2D eigenvalue weighted by Gasteiger charge is 2.25. The highest BCUT2D eigenvalue weighted by atomic mass is 35.5. The molecule has 1 heterocycles. The van der Waals surface area contributed by atoms with Crippen LogP contribution in [0.5, 0.6) is 5.75 Å². The molecule has 0 saturated carbocycles. The lowest BCUT2D eigenvalue weighted by Gasteiger charge is -2.34. The number of hydrogen-bond donors (Lipinski definition) is 1. The van der Waals surface area contributed by atoms with Gasteiger partial charge in [0.25, 0.3) is 0 Å². The highest BCUT2D eigenvalue weighted by Crippen LogP contribution is 2.34. The van der Waals surface area contributed by atoms with E-state index >= 15 is 0 Å². The molecule has 0 radical (unpaired) electrons. The van der Waals surface area contributed by atoms with E-state index in [2.05, 4.69) is 21.8 Å². The smallest absolute Gasteiger partial charge is 0.229 e. The van der Waals surface area contributed by atoms with Crippen molar-refractivity contribution >= 4 is 27.3 Å². The summed E-state index contributed by atoms with van der Waals surface area (Å²) in [5, 5.41) is 0.720. The van der Waals surface area contributed by atoms with Crippen LogP contribution in [0.2, 0.25) is 5.02 Å². The van der Waals surface area contributed by atoms with E-state index in [1.165, 1.54) is 0 Å². The molecule has 4 rings (SSSR count). The van der Waals surface area contributed by atoms with Gasteiger partial charge in [0.05, 0.1) is 24.7 Å². The second-order valence-electron chi connectivity index (χ2n) is 9.06. The van der Waals surface area contributed by atoms with E-state index in [1.807, 2.05) is 48.5 Å². The number of hydrogen-bond acceptors (Lipinski definition) is 5. The first-order valence-electron chi connectivity index (χ1n) is 12.3. The number of anilines is 1. The maximum atomic E-state index is 11.6. The Morgan fingerprint density at radius 3 is 2.36 bits per heavy atom. The van der Waals surface area contributed by atoms with Crippen molar-refractivity contribution in [3.05, 3.63) is 95.0 Å². The van der Waals surface area contributed by atoms with Crippen molar-refractivity contribution in [3.8, 4) is 5.75 Å². The summed E-state index contributed by atoms with van der Waals surface area (Å²) in [6.07, 6.45) is 3.86. The minimum atomic E-state index is -3.36.